The van der Waals surface area contributed by atoms with Crippen LogP contribution in [0.3, 0.4) is 0 Å². The van der Waals surface area contributed by atoms with Crippen molar-refractivity contribution >= 4 is 11.9 Å². The number of allylic oxidation sites excluding steroid dienone is 5. The van der Waals surface area contributed by atoms with E-state index in [0.29, 0.717) is 19.4 Å². The maximum absolute atomic E-state index is 12.5. The van der Waals surface area contributed by atoms with Gasteiger partial charge in [-0.05, 0) is 83.5 Å². The molecule has 0 radical (unpaired) electrons. The van der Waals surface area contributed by atoms with Crippen molar-refractivity contribution in [2.45, 2.75) is 373 Å². The molecule has 0 aromatic carbocycles. The number of aliphatic hydroxyl groups is 2. The number of unbranched alkanes of at least 4 members (excludes halogenated alkanes) is 47. The average molecular weight is 1040 g/mol. The van der Waals surface area contributed by atoms with Crippen molar-refractivity contribution in [3.63, 3.8) is 0 Å². The van der Waals surface area contributed by atoms with Crippen molar-refractivity contribution in [3.05, 3.63) is 36.5 Å². The van der Waals surface area contributed by atoms with Crippen LogP contribution in [0.5, 0.6) is 0 Å². The summed E-state index contributed by atoms with van der Waals surface area (Å²) >= 11 is 0. The van der Waals surface area contributed by atoms with E-state index in [-0.39, 0.29) is 18.5 Å². The van der Waals surface area contributed by atoms with Crippen molar-refractivity contribution in [1.82, 2.24) is 5.32 Å². The summed E-state index contributed by atoms with van der Waals surface area (Å²) in [6, 6.07) is -0.627. The highest BCUT2D eigenvalue weighted by Crippen LogP contribution is 2.17. The van der Waals surface area contributed by atoms with Gasteiger partial charge in [-0.15, -0.1) is 0 Å². The van der Waals surface area contributed by atoms with Crippen molar-refractivity contribution in [2.75, 3.05) is 13.2 Å². The lowest BCUT2D eigenvalue weighted by Crippen LogP contribution is -2.45. The number of aliphatic hydroxyl groups excluding tert-OH is 2. The van der Waals surface area contributed by atoms with Crippen molar-refractivity contribution in [2.24, 2.45) is 0 Å². The molecule has 0 fully saturated rings. The monoisotopic (exact) mass is 1040 g/mol. The third-order valence-corrected chi connectivity index (χ3v) is 15.4. The molecule has 2 unspecified atom stereocenters. The highest BCUT2D eigenvalue weighted by Gasteiger charge is 2.18. The van der Waals surface area contributed by atoms with Gasteiger partial charge in [0.25, 0.3) is 0 Å². The van der Waals surface area contributed by atoms with Gasteiger partial charge in [0.1, 0.15) is 0 Å². The van der Waals surface area contributed by atoms with E-state index in [9.17, 15) is 19.8 Å². The molecule has 6 heteroatoms. The second kappa shape index (κ2) is 63.6. The number of esters is 1. The molecule has 0 bridgehead atoms. The molecule has 0 aliphatic rings. The zero-order valence-electron chi connectivity index (χ0n) is 49.8. The number of carbonyl (C=O) groups excluding carboxylic acids is 2. The van der Waals surface area contributed by atoms with Crippen LogP contribution in [0.25, 0.3) is 0 Å². The van der Waals surface area contributed by atoms with Crippen LogP contribution in [0.4, 0.5) is 0 Å². The summed E-state index contributed by atoms with van der Waals surface area (Å²) in [6.45, 7) is 4.90. The summed E-state index contributed by atoms with van der Waals surface area (Å²) in [5, 5.41) is 23.1. The standard InChI is InChI=1S/C68H129NO5/c1-3-5-7-9-11-13-15-17-33-37-40-44-48-52-56-60-66(71)65(64-70)69-67(72)61-57-53-49-45-41-38-34-31-29-27-25-23-21-19-18-20-22-24-26-28-30-32-35-39-43-47-51-55-59-63-74-68(73)62-58-54-50-46-42-36-16-14-12-10-8-6-4-2/h14,16,18,20,56,60,65-66,70-71H,3-13,15,17,19,21-55,57-59,61-64H2,1-2H3,(H,69,72)/b16-14-,20-18-,60-56+. The minimum Gasteiger partial charge on any atom is -0.466 e. The lowest BCUT2D eigenvalue weighted by Gasteiger charge is -2.20. The summed E-state index contributed by atoms with van der Waals surface area (Å²) in [4.78, 5) is 24.5. The Morgan fingerprint density at radius 1 is 0.365 bits per heavy atom. The zero-order chi connectivity index (χ0) is 53.6. The molecule has 0 rings (SSSR count). The smallest absolute Gasteiger partial charge is 0.305 e. The van der Waals surface area contributed by atoms with Crippen LogP contribution in [0.2, 0.25) is 0 Å². The molecular formula is C68H129NO5. The minimum atomic E-state index is -0.844. The Hall–Kier alpha value is -1.92. The molecule has 0 saturated heterocycles. The van der Waals surface area contributed by atoms with E-state index >= 15 is 0 Å². The molecule has 0 spiro atoms. The first-order valence-electron chi connectivity index (χ1n) is 33.3. The fourth-order valence-electron chi connectivity index (χ4n) is 10.3. The van der Waals surface area contributed by atoms with Gasteiger partial charge < -0.3 is 20.3 Å². The summed E-state index contributed by atoms with van der Waals surface area (Å²) in [6.07, 6.45) is 80.7. The topological polar surface area (TPSA) is 95.9 Å². The van der Waals surface area contributed by atoms with Crippen LogP contribution in [0.15, 0.2) is 36.5 Å². The van der Waals surface area contributed by atoms with E-state index in [1.165, 1.54) is 289 Å². The maximum Gasteiger partial charge on any atom is 0.305 e. The number of hydrogen-bond donors (Lipinski definition) is 3. The first-order valence-corrected chi connectivity index (χ1v) is 33.3. The SMILES string of the molecule is CCCCCC/C=C\CCCCCCCC(=O)OCCCCCCCCCCCCCC/C=C\CCCCCCCCCCCCCCCC(=O)NC(CO)C(O)/C=C/CCCCCCCCCCCCCCC. The third kappa shape index (κ3) is 59.3. The fourth-order valence-corrected chi connectivity index (χ4v) is 10.3. The maximum atomic E-state index is 12.5. The number of nitrogens with one attached hydrogen (secondary N) is 1. The number of amides is 1. The Kier molecular flexibility index (Phi) is 62.0. The predicted molar refractivity (Wildman–Crippen MR) is 324 cm³/mol. The lowest BCUT2D eigenvalue weighted by molar-refractivity contribution is -0.143. The zero-order valence-corrected chi connectivity index (χ0v) is 49.8. The van der Waals surface area contributed by atoms with Gasteiger partial charge in [-0.3, -0.25) is 9.59 Å². The molecule has 0 aromatic heterocycles. The van der Waals surface area contributed by atoms with Crippen molar-refractivity contribution in [3.8, 4) is 0 Å². The molecule has 436 valence electrons. The van der Waals surface area contributed by atoms with Gasteiger partial charge in [-0.25, -0.2) is 0 Å². The summed E-state index contributed by atoms with van der Waals surface area (Å²) in [5.41, 5.74) is 0. The molecule has 0 heterocycles. The van der Waals surface area contributed by atoms with Gasteiger partial charge in [-0.1, -0.05) is 301 Å². The first-order chi connectivity index (χ1) is 36.5. The summed E-state index contributed by atoms with van der Waals surface area (Å²) in [5.74, 6) is -0.0585. The number of hydrogen-bond acceptors (Lipinski definition) is 5. The molecule has 74 heavy (non-hydrogen) atoms. The van der Waals surface area contributed by atoms with Crippen LogP contribution < -0.4 is 5.32 Å². The second-order valence-electron chi connectivity index (χ2n) is 22.8. The molecule has 2 atom stereocenters. The highest BCUT2D eigenvalue weighted by atomic mass is 16.5. The largest absolute Gasteiger partial charge is 0.466 e. The van der Waals surface area contributed by atoms with Crippen LogP contribution in [0.1, 0.15) is 361 Å². The first kappa shape index (κ1) is 72.1. The van der Waals surface area contributed by atoms with E-state index in [1.807, 2.05) is 6.08 Å². The van der Waals surface area contributed by atoms with E-state index in [4.69, 9.17) is 4.74 Å². The summed E-state index contributed by atoms with van der Waals surface area (Å²) < 4.78 is 5.48. The minimum absolute atomic E-state index is 0.00697. The van der Waals surface area contributed by atoms with E-state index in [2.05, 4.69) is 43.5 Å². The van der Waals surface area contributed by atoms with Crippen LogP contribution in [-0.4, -0.2) is 47.4 Å². The van der Waals surface area contributed by atoms with Crippen LogP contribution in [0, 0.1) is 0 Å². The van der Waals surface area contributed by atoms with Crippen molar-refractivity contribution < 1.29 is 24.5 Å². The molecule has 0 saturated carbocycles. The van der Waals surface area contributed by atoms with E-state index < -0.39 is 12.1 Å². The number of rotatable bonds is 62. The van der Waals surface area contributed by atoms with Gasteiger partial charge in [-0.2, -0.15) is 0 Å². The average Bonchev–Trinajstić information content (AvgIpc) is 3.40. The van der Waals surface area contributed by atoms with Gasteiger partial charge in [0.05, 0.1) is 25.4 Å². The number of ether oxygens (including phenoxy) is 1. The Balaban J connectivity index is 3.39. The molecule has 6 nitrogen and oxygen atoms in total. The Labute approximate surface area is 462 Å². The number of carbonyl (C=O) groups is 2. The third-order valence-electron chi connectivity index (χ3n) is 15.4. The van der Waals surface area contributed by atoms with Gasteiger partial charge in [0.2, 0.25) is 5.91 Å². The Morgan fingerprint density at radius 3 is 0.973 bits per heavy atom. The molecule has 1 amide bonds. The highest BCUT2D eigenvalue weighted by molar-refractivity contribution is 5.76. The molecule has 0 aliphatic heterocycles. The van der Waals surface area contributed by atoms with E-state index in [1.54, 1.807) is 6.08 Å². The van der Waals surface area contributed by atoms with Gasteiger partial charge in [0.15, 0.2) is 0 Å². The lowest BCUT2D eigenvalue weighted by atomic mass is 10.0. The van der Waals surface area contributed by atoms with Crippen molar-refractivity contribution in [1.29, 1.82) is 0 Å². The predicted octanol–water partition coefficient (Wildman–Crippen LogP) is 21.1. The van der Waals surface area contributed by atoms with E-state index in [0.717, 1.165) is 44.9 Å². The Morgan fingerprint density at radius 2 is 0.635 bits per heavy atom. The molecule has 3 N–H and O–H groups in total. The molecule has 0 aromatic rings. The molecule has 0 aliphatic carbocycles. The van der Waals surface area contributed by atoms with Crippen LogP contribution >= 0.6 is 0 Å². The summed E-state index contributed by atoms with van der Waals surface area (Å²) in [7, 11) is 0. The normalized spacial score (nSPS) is 12.8. The Bertz CT molecular complexity index is 1200. The second-order valence-corrected chi connectivity index (χ2v) is 22.8. The van der Waals surface area contributed by atoms with Gasteiger partial charge in [0, 0.05) is 12.8 Å². The van der Waals surface area contributed by atoms with Gasteiger partial charge >= 0.3 is 5.97 Å². The van der Waals surface area contributed by atoms with Crippen LogP contribution in [-0.2, 0) is 14.3 Å². The quantitative estimate of drug-likeness (QED) is 0.0320. The molecular weight excluding hydrogens is 911 g/mol. The fraction of sp³-hybridized carbons (Fsp3) is 0.882.